The number of halogens is 2. The third-order valence-corrected chi connectivity index (χ3v) is 3.15. The number of anilines is 1. The molecule has 0 aliphatic heterocycles. The molecule has 0 amide bonds. The van der Waals surface area contributed by atoms with Gasteiger partial charge in [-0.25, -0.2) is 18.6 Å². The molecule has 1 radical (unpaired) electrons. The number of carboxylic acid groups (broad SMARTS) is 1. The molecule has 0 saturated heterocycles. The maximum absolute atomic E-state index is 13.4. The summed E-state index contributed by atoms with van der Waals surface area (Å²) in [6.45, 7) is 0. The fourth-order valence-electron chi connectivity index (χ4n) is 1.88. The van der Waals surface area contributed by atoms with Crippen LogP contribution in [-0.4, -0.2) is 40.1 Å². The van der Waals surface area contributed by atoms with Gasteiger partial charge in [0, 0.05) is 52.3 Å². The number of nitrogens with zero attached hydrogens (tertiary/aromatic N) is 4. The van der Waals surface area contributed by atoms with E-state index in [1.165, 1.54) is 12.3 Å². The van der Waals surface area contributed by atoms with Crippen LogP contribution in [0.3, 0.4) is 0 Å². The molecule has 0 atom stereocenters. The Morgan fingerprint density at radius 2 is 1.89 bits per heavy atom. The van der Waals surface area contributed by atoms with Gasteiger partial charge in [-0.2, -0.15) is 0 Å². The fraction of sp³-hybridized carbons (Fsp3) is 0.111. The standard InChI is InChI=1S/C12H10F2N3.C6H5NO2.Ir/c1-17(2)8-5-6-15-10(7-8)9-3-4-11(13)16-12(9)14;8-6(9)5-3-1-2-4-7-5;/h4-7H,1-2H3;1-4H,(H,8,9);/q-1;;. The first-order valence-corrected chi connectivity index (χ1v) is 7.40. The largest absolute Gasteiger partial charge is 0.477 e. The normalized spacial score (nSPS) is 9.48. The van der Waals surface area contributed by atoms with Gasteiger partial charge in [0.1, 0.15) is 17.6 Å². The van der Waals surface area contributed by atoms with Crippen molar-refractivity contribution in [1.29, 1.82) is 0 Å². The topological polar surface area (TPSA) is 79.2 Å². The van der Waals surface area contributed by atoms with Crippen molar-refractivity contribution in [2.45, 2.75) is 0 Å². The molecule has 0 aliphatic carbocycles. The van der Waals surface area contributed by atoms with E-state index in [-0.39, 0.29) is 31.4 Å². The molecule has 0 aromatic carbocycles. The fourth-order valence-corrected chi connectivity index (χ4v) is 1.88. The van der Waals surface area contributed by atoms with Crippen molar-refractivity contribution in [3.8, 4) is 11.3 Å². The van der Waals surface area contributed by atoms with Gasteiger partial charge < -0.3 is 15.0 Å². The third-order valence-electron chi connectivity index (χ3n) is 3.15. The van der Waals surface area contributed by atoms with E-state index in [0.29, 0.717) is 5.69 Å². The molecule has 6 nitrogen and oxygen atoms in total. The Hall–Kier alpha value is -2.77. The summed E-state index contributed by atoms with van der Waals surface area (Å²) in [5.74, 6) is -2.79. The Labute approximate surface area is 168 Å². The second kappa shape index (κ2) is 10.4. The van der Waals surface area contributed by atoms with Gasteiger partial charge in [0.2, 0.25) is 0 Å². The number of rotatable bonds is 3. The summed E-state index contributed by atoms with van der Waals surface area (Å²) in [5, 5.41) is 8.32. The molecule has 3 rings (SSSR count). The molecule has 143 valence electrons. The van der Waals surface area contributed by atoms with Gasteiger partial charge in [0.25, 0.3) is 0 Å². The summed E-state index contributed by atoms with van der Waals surface area (Å²) < 4.78 is 26.1. The van der Waals surface area contributed by atoms with E-state index in [1.54, 1.807) is 30.5 Å². The van der Waals surface area contributed by atoms with Crippen LogP contribution in [-0.2, 0) is 20.1 Å². The van der Waals surface area contributed by atoms with Gasteiger partial charge in [-0.3, -0.25) is 4.98 Å². The van der Waals surface area contributed by atoms with Crippen LogP contribution >= 0.6 is 0 Å². The smallest absolute Gasteiger partial charge is 0.354 e. The zero-order chi connectivity index (χ0) is 19.1. The van der Waals surface area contributed by atoms with Crippen molar-refractivity contribution >= 4 is 11.7 Å². The molecule has 0 unspecified atom stereocenters. The summed E-state index contributed by atoms with van der Waals surface area (Å²) in [6.07, 6.45) is 3.00. The van der Waals surface area contributed by atoms with Crippen molar-refractivity contribution < 1.29 is 38.8 Å². The predicted molar refractivity (Wildman–Crippen MR) is 91.7 cm³/mol. The molecule has 3 aromatic heterocycles. The van der Waals surface area contributed by atoms with E-state index in [0.717, 1.165) is 11.8 Å². The van der Waals surface area contributed by atoms with E-state index >= 15 is 0 Å². The van der Waals surface area contributed by atoms with Crippen molar-refractivity contribution in [3.05, 3.63) is 72.4 Å². The average Bonchev–Trinajstić information content (AvgIpc) is 2.63. The van der Waals surface area contributed by atoms with Gasteiger partial charge >= 0.3 is 5.97 Å². The molecule has 3 heterocycles. The van der Waals surface area contributed by atoms with Gasteiger partial charge in [-0.1, -0.05) is 23.8 Å². The summed E-state index contributed by atoms with van der Waals surface area (Å²) in [5.41, 5.74) is 1.39. The molecule has 1 N–H and O–H groups in total. The minimum Gasteiger partial charge on any atom is -0.477 e. The SMILES string of the molecule is CN(C)c1ccnc(-c2[c-]cc(F)nc2F)c1.O=C(O)c1ccccn1.[Ir]. The van der Waals surface area contributed by atoms with Gasteiger partial charge in [0.05, 0.1) is 0 Å². The first-order valence-electron chi connectivity index (χ1n) is 7.40. The number of hydrogen-bond acceptors (Lipinski definition) is 5. The second-order valence-electron chi connectivity index (χ2n) is 5.20. The zero-order valence-electron chi connectivity index (χ0n) is 14.4. The Morgan fingerprint density at radius 1 is 1.15 bits per heavy atom. The number of aromatic carboxylic acids is 1. The van der Waals surface area contributed by atoms with E-state index in [9.17, 15) is 13.6 Å². The Morgan fingerprint density at radius 3 is 2.41 bits per heavy atom. The predicted octanol–water partition coefficient (Wildman–Crippen LogP) is 3.07. The number of carbonyl (C=O) groups is 1. The zero-order valence-corrected chi connectivity index (χ0v) is 16.7. The first-order chi connectivity index (χ1) is 12.4. The minimum absolute atomic E-state index is 0. The number of pyridine rings is 3. The van der Waals surface area contributed by atoms with Crippen LogP contribution < -0.4 is 4.90 Å². The molecule has 0 saturated carbocycles. The monoisotopic (exact) mass is 550 g/mol. The quantitative estimate of drug-likeness (QED) is 0.400. The van der Waals surface area contributed by atoms with Crippen molar-refractivity contribution in [3.63, 3.8) is 0 Å². The number of aromatic nitrogens is 3. The van der Waals surface area contributed by atoms with Crippen molar-refractivity contribution in [2.24, 2.45) is 0 Å². The van der Waals surface area contributed by atoms with Gasteiger partial charge in [-0.05, 0) is 23.9 Å². The first kappa shape index (κ1) is 22.3. The Balaban J connectivity index is 0.000000310. The van der Waals surface area contributed by atoms with Crippen LogP contribution in [0.15, 0.2) is 48.8 Å². The Kier molecular flexibility index (Phi) is 8.57. The summed E-state index contributed by atoms with van der Waals surface area (Å²) in [6, 6.07) is 11.7. The summed E-state index contributed by atoms with van der Waals surface area (Å²) in [7, 11) is 3.73. The molecule has 0 aliphatic rings. The summed E-state index contributed by atoms with van der Waals surface area (Å²) >= 11 is 0. The van der Waals surface area contributed by atoms with Crippen LogP contribution in [0.2, 0.25) is 0 Å². The summed E-state index contributed by atoms with van der Waals surface area (Å²) in [4.78, 5) is 22.7. The number of carboxylic acids is 1. The third kappa shape index (κ3) is 6.47. The molecule has 0 fully saturated rings. The van der Waals surface area contributed by atoms with E-state index in [2.05, 4.69) is 21.0 Å². The maximum Gasteiger partial charge on any atom is 0.354 e. The molecular formula is C18H15F2IrN4O2-. The maximum atomic E-state index is 13.4. The van der Waals surface area contributed by atoms with Crippen LogP contribution in [0.25, 0.3) is 11.3 Å². The van der Waals surface area contributed by atoms with Crippen LogP contribution in [0.1, 0.15) is 10.5 Å². The molecule has 0 spiro atoms. The molecule has 0 bridgehead atoms. The molecular weight excluding hydrogens is 534 g/mol. The average molecular weight is 550 g/mol. The van der Waals surface area contributed by atoms with Crippen LogP contribution in [0, 0.1) is 18.0 Å². The van der Waals surface area contributed by atoms with Gasteiger partial charge in [-0.15, -0.1) is 6.07 Å². The van der Waals surface area contributed by atoms with E-state index in [1.807, 2.05) is 19.0 Å². The van der Waals surface area contributed by atoms with Crippen LogP contribution in [0.5, 0.6) is 0 Å². The molecule has 3 aromatic rings. The number of hydrogen-bond donors (Lipinski definition) is 1. The van der Waals surface area contributed by atoms with Crippen LogP contribution in [0.4, 0.5) is 14.5 Å². The second-order valence-corrected chi connectivity index (χ2v) is 5.20. The minimum atomic E-state index is -0.990. The van der Waals surface area contributed by atoms with E-state index in [4.69, 9.17) is 5.11 Å². The molecule has 27 heavy (non-hydrogen) atoms. The molecule has 9 heteroatoms. The van der Waals surface area contributed by atoms with Gasteiger partial charge in [0.15, 0.2) is 0 Å². The van der Waals surface area contributed by atoms with E-state index < -0.39 is 17.9 Å². The van der Waals surface area contributed by atoms with Crippen molar-refractivity contribution in [1.82, 2.24) is 15.0 Å². The van der Waals surface area contributed by atoms with Crippen molar-refractivity contribution in [2.75, 3.05) is 19.0 Å². The Bertz CT molecular complexity index is 896.